The second-order valence-corrected chi connectivity index (χ2v) is 4.50. The highest BCUT2D eigenvalue weighted by Gasteiger charge is 2.22. The number of rotatable bonds is 4. The molecule has 0 amide bonds. The summed E-state index contributed by atoms with van der Waals surface area (Å²) in [6.07, 6.45) is 4.23. The van der Waals surface area contributed by atoms with E-state index in [1.165, 1.54) is 0 Å². The van der Waals surface area contributed by atoms with Crippen molar-refractivity contribution in [3.8, 4) is 5.75 Å². The molecule has 0 aromatic heterocycles. The van der Waals surface area contributed by atoms with Crippen LogP contribution in [0.1, 0.15) is 43.0 Å². The van der Waals surface area contributed by atoms with Crippen molar-refractivity contribution in [1.82, 2.24) is 0 Å². The van der Waals surface area contributed by atoms with Gasteiger partial charge in [0.25, 0.3) is 0 Å². The van der Waals surface area contributed by atoms with Gasteiger partial charge in [-0.25, -0.2) is 4.79 Å². The highest BCUT2D eigenvalue weighted by atomic mass is 16.5. The summed E-state index contributed by atoms with van der Waals surface area (Å²) in [7, 11) is 0. The number of hydrogen-bond acceptors (Lipinski definition) is 4. The molecule has 0 aliphatic heterocycles. The molecule has 0 atom stereocenters. The van der Waals surface area contributed by atoms with Crippen molar-refractivity contribution in [2.75, 3.05) is 12.3 Å². The van der Waals surface area contributed by atoms with Crippen LogP contribution in [0.2, 0.25) is 0 Å². The lowest BCUT2D eigenvalue weighted by molar-refractivity contribution is 0.0314. The predicted octanol–water partition coefficient (Wildman–Crippen LogP) is 2.77. The molecular formula is C14H19NO3. The Morgan fingerprint density at radius 1 is 1.39 bits per heavy atom. The van der Waals surface area contributed by atoms with Crippen molar-refractivity contribution in [2.24, 2.45) is 0 Å². The molecule has 1 fully saturated rings. The summed E-state index contributed by atoms with van der Waals surface area (Å²) < 4.78 is 10.9. The standard InChI is InChI=1S/C14H19NO3/c1-2-17-13-8-7-10(15)9-12(13)14(16)18-11-5-3-4-6-11/h7-9,11H,2-6,15H2,1H3. The van der Waals surface area contributed by atoms with Crippen LogP contribution in [0.25, 0.3) is 0 Å². The van der Waals surface area contributed by atoms with E-state index < -0.39 is 0 Å². The predicted molar refractivity (Wildman–Crippen MR) is 69.7 cm³/mol. The van der Waals surface area contributed by atoms with E-state index in [0.29, 0.717) is 23.6 Å². The van der Waals surface area contributed by atoms with E-state index in [-0.39, 0.29) is 12.1 Å². The van der Waals surface area contributed by atoms with Crippen molar-refractivity contribution in [1.29, 1.82) is 0 Å². The molecule has 1 aliphatic rings. The zero-order valence-electron chi connectivity index (χ0n) is 10.6. The second-order valence-electron chi connectivity index (χ2n) is 4.50. The van der Waals surface area contributed by atoms with Gasteiger partial charge in [-0.05, 0) is 50.8 Å². The normalized spacial score (nSPS) is 15.6. The smallest absolute Gasteiger partial charge is 0.342 e. The molecule has 4 nitrogen and oxygen atoms in total. The number of carbonyl (C=O) groups excluding carboxylic acids is 1. The monoisotopic (exact) mass is 249 g/mol. The zero-order valence-corrected chi connectivity index (χ0v) is 10.6. The number of nitrogens with two attached hydrogens (primary N) is 1. The maximum absolute atomic E-state index is 12.1. The molecule has 1 aromatic rings. The van der Waals surface area contributed by atoms with Gasteiger partial charge in [0.05, 0.1) is 6.61 Å². The molecule has 4 heteroatoms. The van der Waals surface area contributed by atoms with Crippen molar-refractivity contribution < 1.29 is 14.3 Å². The minimum atomic E-state index is -0.336. The summed E-state index contributed by atoms with van der Waals surface area (Å²) in [5, 5.41) is 0. The van der Waals surface area contributed by atoms with E-state index in [4.69, 9.17) is 15.2 Å². The Labute approximate surface area is 107 Å². The van der Waals surface area contributed by atoms with Crippen LogP contribution in [-0.4, -0.2) is 18.7 Å². The Balaban J connectivity index is 2.14. The molecule has 0 unspecified atom stereocenters. The first-order valence-corrected chi connectivity index (χ1v) is 6.44. The summed E-state index contributed by atoms with van der Waals surface area (Å²) in [6, 6.07) is 5.05. The zero-order chi connectivity index (χ0) is 13.0. The van der Waals surface area contributed by atoms with Gasteiger partial charge in [-0.15, -0.1) is 0 Å². The van der Waals surface area contributed by atoms with Crippen molar-refractivity contribution in [2.45, 2.75) is 38.7 Å². The van der Waals surface area contributed by atoms with Crippen LogP contribution < -0.4 is 10.5 Å². The fourth-order valence-electron chi connectivity index (χ4n) is 2.21. The number of carbonyl (C=O) groups is 1. The average Bonchev–Trinajstić information content (AvgIpc) is 2.84. The molecule has 98 valence electrons. The van der Waals surface area contributed by atoms with Crippen LogP contribution in [0.5, 0.6) is 5.75 Å². The fraction of sp³-hybridized carbons (Fsp3) is 0.500. The molecule has 0 radical (unpaired) electrons. The first-order valence-electron chi connectivity index (χ1n) is 6.44. The molecule has 0 bridgehead atoms. The maximum Gasteiger partial charge on any atom is 0.342 e. The van der Waals surface area contributed by atoms with E-state index in [2.05, 4.69) is 0 Å². The Morgan fingerprint density at radius 2 is 2.11 bits per heavy atom. The minimum absolute atomic E-state index is 0.0495. The Kier molecular flexibility index (Phi) is 4.07. The quantitative estimate of drug-likeness (QED) is 0.658. The summed E-state index contributed by atoms with van der Waals surface area (Å²) in [4.78, 5) is 12.1. The average molecular weight is 249 g/mol. The Morgan fingerprint density at radius 3 is 2.78 bits per heavy atom. The third-order valence-corrected chi connectivity index (χ3v) is 3.10. The van der Waals surface area contributed by atoms with Gasteiger partial charge in [-0.2, -0.15) is 0 Å². The van der Waals surface area contributed by atoms with Crippen LogP contribution in [-0.2, 0) is 4.74 Å². The summed E-state index contributed by atoms with van der Waals surface area (Å²) >= 11 is 0. The molecule has 2 N–H and O–H groups in total. The maximum atomic E-state index is 12.1. The van der Waals surface area contributed by atoms with Gasteiger partial charge >= 0.3 is 5.97 Å². The van der Waals surface area contributed by atoms with Gasteiger partial charge in [0.1, 0.15) is 17.4 Å². The summed E-state index contributed by atoms with van der Waals surface area (Å²) in [6.45, 7) is 2.38. The molecule has 0 heterocycles. The van der Waals surface area contributed by atoms with Crippen LogP contribution in [0.15, 0.2) is 18.2 Å². The van der Waals surface area contributed by atoms with Gasteiger partial charge < -0.3 is 15.2 Å². The number of benzene rings is 1. The fourth-order valence-corrected chi connectivity index (χ4v) is 2.21. The number of nitrogen functional groups attached to an aromatic ring is 1. The summed E-state index contributed by atoms with van der Waals surface area (Å²) in [5.74, 6) is 0.201. The van der Waals surface area contributed by atoms with E-state index in [1.807, 2.05) is 6.92 Å². The van der Waals surface area contributed by atoms with E-state index in [9.17, 15) is 4.79 Å². The van der Waals surface area contributed by atoms with E-state index in [1.54, 1.807) is 18.2 Å². The topological polar surface area (TPSA) is 61.5 Å². The molecule has 2 rings (SSSR count). The van der Waals surface area contributed by atoms with Gasteiger partial charge in [-0.3, -0.25) is 0 Å². The number of esters is 1. The number of hydrogen-bond donors (Lipinski definition) is 1. The van der Waals surface area contributed by atoms with E-state index >= 15 is 0 Å². The minimum Gasteiger partial charge on any atom is -0.493 e. The SMILES string of the molecule is CCOc1ccc(N)cc1C(=O)OC1CCCC1. The van der Waals surface area contributed by atoms with Crippen molar-refractivity contribution in [3.63, 3.8) is 0 Å². The summed E-state index contributed by atoms with van der Waals surface area (Å²) in [5.41, 5.74) is 6.67. The highest BCUT2D eigenvalue weighted by Crippen LogP contribution is 2.26. The largest absolute Gasteiger partial charge is 0.493 e. The van der Waals surface area contributed by atoms with Gasteiger partial charge in [0.15, 0.2) is 0 Å². The molecular weight excluding hydrogens is 230 g/mol. The van der Waals surface area contributed by atoms with Crippen LogP contribution in [0, 0.1) is 0 Å². The Hall–Kier alpha value is -1.71. The van der Waals surface area contributed by atoms with Crippen molar-refractivity contribution in [3.05, 3.63) is 23.8 Å². The lowest BCUT2D eigenvalue weighted by Gasteiger charge is -2.14. The van der Waals surface area contributed by atoms with Gasteiger partial charge in [-0.1, -0.05) is 0 Å². The lowest BCUT2D eigenvalue weighted by Crippen LogP contribution is -2.16. The third kappa shape index (κ3) is 2.94. The first-order chi connectivity index (χ1) is 8.70. The number of anilines is 1. The van der Waals surface area contributed by atoms with Crippen molar-refractivity contribution >= 4 is 11.7 Å². The van der Waals surface area contributed by atoms with Crippen LogP contribution in [0.3, 0.4) is 0 Å². The molecule has 1 aliphatic carbocycles. The van der Waals surface area contributed by atoms with Crippen LogP contribution in [0.4, 0.5) is 5.69 Å². The molecule has 0 saturated heterocycles. The van der Waals surface area contributed by atoms with Gasteiger partial charge in [0.2, 0.25) is 0 Å². The van der Waals surface area contributed by atoms with E-state index in [0.717, 1.165) is 25.7 Å². The lowest BCUT2D eigenvalue weighted by atomic mass is 10.1. The molecule has 1 saturated carbocycles. The third-order valence-electron chi connectivity index (χ3n) is 3.10. The van der Waals surface area contributed by atoms with Gasteiger partial charge in [0, 0.05) is 5.69 Å². The second kappa shape index (κ2) is 5.76. The first kappa shape index (κ1) is 12.7. The number of ether oxygens (including phenoxy) is 2. The van der Waals surface area contributed by atoms with Crippen LogP contribution >= 0.6 is 0 Å². The molecule has 1 aromatic carbocycles. The Bertz CT molecular complexity index is 425. The molecule has 18 heavy (non-hydrogen) atoms. The highest BCUT2D eigenvalue weighted by molar-refractivity contribution is 5.93. The molecule has 0 spiro atoms.